The highest BCUT2D eigenvalue weighted by Gasteiger charge is 2.32. The van der Waals surface area contributed by atoms with Crippen molar-refractivity contribution in [1.29, 1.82) is 0 Å². The quantitative estimate of drug-likeness (QED) is 0.729. The van der Waals surface area contributed by atoms with Gasteiger partial charge in [-0.1, -0.05) is 12.1 Å². The van der Waals surface area contributed by atoms with Crippen molar-refractivity contribution in [3.05, 3.63) is 41.5 Å². The molecule has 0 saturated carbocycles. The Kier molecular flexibility index (Phi) is 3.26. The minimum absolute atomic E-state index is 0.161. The van der Waals surface area contributed by atoms with Gasteiger partial charge in [0.25, 0.3) is 11.8 Å². The molecule has 0 aromatic heterocycles. The fraction of sp³-hybridized carbons (Fsp3) is 0.133. The number of benzene rings is 2. The van der Waals surface area contributed by atoms with Gasteiger partial charge in [0.05, 0.1) is 5.69 Å². The van der Waals surface area contributed by atoms with E-state index < -0.39 is 6.03 Å². The highest BCUT2D eigenvalue weighted by atomic mass is 16.2. The molecule has 0 fully saturated rings. The first-order chi connectivity index (χ1) is 10.5. The van der Waals surface area contributed by atoms with Crippen LogP contribution in [0.1, 0.15) is 20.7 Å². The molecule has 0 radical (unpaired) electrons. The fourth-order valence-electron chi connectivity index (χ4n) is 2.72. The molecule has 7 nitrogen and oxygen atoms in total. The van der Waals surface area contributed by atoms with Gasteiger partial charge >= 0.3 is 6.03 Å². The molecule has 0 atom stereocenters. The molecule has 0 aliphatic carbocycles. The van der Waals surface area contributed by atoms with E-state index in [0.29, 0.717) is 27.6 Å². The maximum absolute atomic E-state index is 12.5. The van der Waals surface area contributed by atoms with Crippen LogP contribution in [0.25, 0.3) is 10.8 Å². The Labute approximate surface area is 125 Å². The molecule has 1 aliphatic rings. The molecule has 2 aromatic carbocycles. The first-order valence-electron chi connectivity index (χ1n) is 6.73. The number of hydrogen-bond donors (Lipinski definition) is 3. The van der Waals surface area contributed by atoms with Crippen molar-refractivity contribution < 1.29 is 14.4 Å². The average molecular weight is 298 g/mol. The minimum atomic E-state index is -0.709. The van der Waals surface area contributed by atoms with Crippen LogP contribution in [-0.4, -0.2) is 35.8 Å². The molecule has 22 heavy (non-hydrogen) atoms. The highest BCUT2D eigenvalue weighted by Crippen LogP contribution is 2.34. The summed E-state index contributed by atoms with van der Waals surface area (Å²) in [6.07, 6.45) is 0. The van der Waals surface area contributed by atoms with E-state index in [9.17, 15) is 14.4 Å². The van der Waals surface area contributed by atoms with Crippen LogP contribution in [0.5, 0.6) is 0 Å². The second-order valence-corrected chi connectivity index (χ2v) is 4.93. The molecule has 112 valence electrons. The molecule has 7 heteroatoms. The summed E-state index contributed by atoms with van der Waals surface area (Å²) in [5.41, 5.74) is 11.9. The normalized spacial score (nSPS) is 13.6. The highest BCUT2D eigenvalue weighted by molar-refractivity contribution is 6.27. The Balaban J connectivity index is 2.27. The van der Waals surface area contributed by atoms with E-state index in [0.717, 1.165) is 4.90 Å². The first kappa shape index (κ1) is 14.0. The average Bonchev–Trinajstić information content (AvgIpc) is 2.49. The number of carbonyl (C=O) groups excluding carboxylic acids is 3. The number of primary amides is 1. The van der Waals surface area contributed by atoms with Gasteiger partial charge in [-0.25, -0.2) is 4.79 Å². The summed E-state index contributed by atoms with van der Waals surface area (Å²) in [4.78, 5) is 37.2. The summed E-state index contributed by atoms with van der Waals surface area (Å²) in [5.74, 6) is -0.769. The molecule has 5 N–H and O–H groups in total. The smallest absolute Gasteiger partial charge is 0.316 e. The molecule has 1 heterocycles. The summed E-state index contributed by atoms with van der Waals surface area (Å²) in [6.45, 7) is 0.360. The Bertz CT molecular complexity index is 794. The van der Waals surface area contributed by atoms with Gasteiger partial charge in [0.1, 0.15) is 0 Å². The van der Waals surface area contributed by atoms with Gasteiger partial charge in [-0.3, -0.25) is 14.5 Å². The van der Waals surface area contributed by atoms with E-state index in [1.165, 1.54) is 0 Å². The van der Waals surface area contributed by atoms with Gasteiger partial charge in [-0.2, -0.15) is 0 Å². The fourth-order valence-corrected chi connectivity index (χ4v) is 2.72. The lowest BCUT2D eigenvalue weighted by molar-refractivity contribution is 0.0615. The van der Waals surface area contributed by atoms with E-state index in [4.69, 9.17) is 11.5 Å². The van der Waals surface area contributed by atoms with Gasteiger partial charge < -0.3 is 16.8 Å². The molecule has 0 spiro atoms. The summed E-state index contributed by atoms with van der Waals surface area (Å²) in [6, 6.07) is 7.54. The zero-order valence-corrected chi connectivity index (χ0v) is 11.6. The first-order valence-corrected chi connectivity index (χ1v) is 6.73. The number of carbonyl (C=O) groups is 3. The standard InChI is InChI=1S/C15H14N4O3/c16-6-7-19-13(20)9-3-1-2-8-11(18-15(17)22)5-4-10(12(8)9)14(19)21/h1-5H,6-7,16H2,(H3,17,18,22). The predicted octanol–water partition coefficient (Wildman–Crippen LogP) is 0.885. The lowest BCUT2D eigenvalue weighted by atomic mass is 9.93. The van der Waals surface area contributed by atoms with E-state index in [2.05, 4.69) is 5.32 Å². The third kappa shape index (κ3) is 1.99. The van der Waals surface area contributed by atoms with E-state index in [-0.39, 0.29) is 24.9 Å². The molecular weight excluding hydrogens is 284 g/mol. The minimum Gasteiger partial charge on any atom is -0.351 e. The van der Waals surface area contributed by atoms with Crippen molar-refractivity contribution in [1.82, 2.24) is 4.90 Å². The number of urea groups is 1. The Hall–Kier alpha value is -2.93. The zero-order valence-electron chi connectivity index (χ0n) is 11.6. The lowest BCUT2D eigenvalue weighted by Gasteiger charge is -2.27. The van der Waals surface area contributed by atoms with Crippen LogP contribution in [0, 0.1) is 0 Å². The Morgan fingerprint density at radius 2 is 1.77 bits per heavy atom. The van der Waals surface area contributed by atoms with Gasteiger partial charge in [0.2, 0.25) is 0 Å². The zero-order chi connectivity index (χ0) is 15.9. The summed E-state index contributed by atoms with van der Waals surface area (Å²) < 4.78 is 0. The van der Waals surface area contributed by atoms with Crippen LogP contribution >= 0.6 is 0 Å². The largest absolute Gasteiger partial charge is 0.351 e. The van der Waals surface area contributed by atoms with E-state index in [1.54, 1.807) is 30.3 Å². The van der Waals surface area contributed by atoms with Crippen molar-refractivity contribution in [2.24, 2.45) is 11.5 Å². The van der Waals surface area contributed by atoms with Crippen LogP contribution in [0.15, 0.2) is 30.3 Å². The molecule has 0 unspecified atom stereocenters. The number of anilines is 1. The topological polar surface area (TPSA) is 119 Å². The molecule has 2 aromatic rings. The van der Waals surface area contributed by atoms with Crippen molar-refractivity contribution in [2.45, 2.75) is 0 Å². The predicted molar refractivity (Wildman–Crippen MR) is 81.6 cm³/mol. The molecule has 1 aliphatic heterocycles. The number of hydrogen-bond acceptors (Lipinski definition) is 4. The van der Waals surface area contributed by atoms with Gasteiger partial charge in [-0.15, -0.1) is 0 Å². The van der Waals surface area contributed by atoms with Crippen molar-refractivity contribution in [3.63, 3.8) is 0 Å². The molecular formula is C15H14N4O3. The lowest BCUT2D eigenvalue weighted by Crippen LogP contribution is -2.43. The second kappa shape index (κ2) is 5.12. The molecule has 0 bridgehead atoms. The van der Waals surface area contributed by atoms with Crippen LogP contribution in [-0.2, 0) is 0 Å². The monoisotopic (exact) mass is 298 g/mol. The third-order valence-electron chi connectivity index (χ3n) is 3.60. The Morgan fingerprint density at radius 3 is 2.41 bits per heavy atom. The summed E-state index contributed by atoms with van der Waals surface area (Å²) >= 11 is 0. The maximum Gasteiger partial charge on any atom is 0.316 e. The van der Waals surface area contributed by atoms with E-state index >= 15 is 0 Å². The number of imide groups is 1. The van der Waals surface area contributed by atoms with Crippen molar-refractivity contribution in [3.8, 4) is 0 Å². The second-order valence-electron chi connectivity index (χ2n) is 4.93. The number of nitrogens with zero attached hydrogens (tertiary/aromatic N) is 1. The third-order valence-corrected chi connectivity index (χ3v) is 3.60. The van der Waals surface area contributed by atoms with Gasteiger partial charge in [0, 0.05) is 35.0 Å². The van der Waals surface area contributed by atoms with Crippen molar-refractivity contribution >= 4 is 34.3 Å². The number of nitrogens with two attached hydrogens (primary N) is 2. The molecule has 4 amide bonds. The van der Waals surface area contributed by atoms with Crippen LogP contribution in [0.3, 0.4) is 0 Å². The Morgan fingerprint density at radius 1 is 1.09 bits per heavy atom. The summed E-state index contributed by atoms with van der Waals surface area (Å²) in [5, 5.41) is 3.62. The number of amides is 4. The van der Waals surface area contributed by atoms with Crippen LogP contribution < -0.4 is 16.8 Å². The molecule has 3 rings (SSSR count). The van der Waals surface area contributed by atoms with Crippen molar-refractivity contribution in [2.75, 3.05) is 18.4 Å². The summed E-state index contributed by atoms with van der Waals surface area (Å²) in [7, 11) is 0. The number of rotatable bonds is 3. The van der Waals surface area contributed by atoms with E-state index in [1.807, 2.05) is 0 Å². The van der Waals surface area contributed by atoms with Gasteiger partial charge in [0.15, 0.2) is 0 Å². The number of nitrogens with one attached hydrogen (secondary N) is 1. The SMILES string of the molecule is NCCN1C(=O)c2cccc3c(NC(N)=O)ccc(c23)C1=O. The maximum atomic E-state index is 12.5. The van der Waals surface area contributed by atoms with Crippen LogP contribution in [0.2, 0.25) is 0 Å². The van der Waals surface area contributed by atoms with Crippen LogP contribution in [0.4, 0.5) is 10.5 Å². The van der Waals surface area contributed by atoms with Gasteiger partial charge in [-0.05, 0) is 18.2 Å². The molecule has 0 saturated heterocycles.